The van der Waals surface area contributed by atoms with E-state index in [1.54, 1.807) is 21.7 Å². The monoisotopic (exact) mass is 590 g/mol. The predicted molar refractivity (Wildman–Crippen MR) is 153 cm³/mol. The number of hydrogen-bond acceptors (Lipinski definition) is 3. The second-order valence-corrected chi connectivity index (χ2v) is 11.0. The summed E-state index contributed by atoms with van der Waals surface area (Å²) in [6.45, 7) is 0.554. The molecule has 3 aromatic carbocycles. The highest BCUT2D eigenvalue weighted by Gasteiger charge is 2.52. The number of fused-ring (bicyclic) bond motifs is 2. The van der Waals surface area contributed by atoms with Gasteiger partial charge in [0, 0.05) is 24.6 Å². The van der Waals surface area contributed by atoms with Crippen molar-refractivity contribution in [1.29, 1.82) is 0 Å². The molecule has 3 atom stereocenters. The number of carboxylic acid groups (broad SMARTS) is 1. The second-order valence-electron chi connectivity index (χ2n) is 10.0. The average molecular weight is 592 g/mol. The predicted octanol–water partition coefficient (Wildman–Crippen LogP) is 5.95. The summed E-state index contributed by atoms with van der Waals surface area (Å²) in [7, 11) is 1.74. The van der Waals surface area contributed by atoms with E-state index in [0.717, 1.165) is 16.5 Å². The maximum absolute atomic E-state index is 14.2. The van der Waals surface area contributed by atoms with Gasteiger partial charge in [-0.3, -0.25) is 4.90 Å². The fourth-order valence-electron chi connectivity index (χ4n) is 5.72. The van der Waals surface area contributed by atoms with Crippen molar-refractivity contribution in [2.45, 2.75) is 43.9 Å². The molecule has 4 amide bonds. The number of aliphatic carboxylic acids is 1. The van der Waals surface area contributed by atoms with Crippen molar-refractivity contribution in [1.82, 2.24) is 14.7 Å². The van der Waals surface area contributed by atoms with Crippen molar-refractivity contribution < 1.29 is 19.5 Å². The summed E-state index contributed by atoms with van der Waals surface area (Å²) < 4.78 is 0.958. The Hall–Kier alpha value is -3.85. The fraction of sp³-hybridized carbons (Fsp3) is 0.300. The molecule has 9 heteroatoms. The zero-order valence-electron chi connectivity index (χ0n) is 21.7. The molecule has 3 aromatic rings. The number of piperidine rings is 1. The van der Waals surface area contributed by atoms with Gasteiger partial charge in [-0.2, -0.15) is 0 Å². The third-order valence-corrected chi connectivity index (χ3v) is 8.02. The molecule has 2 aliphatic rings. The Morgan fingerprint density at radius 2 is 1.46 bits per heavy atom. The number of benzene rings is 3. The van der Waals surface area contributed by atoms with E-state index in [1.807, 2.05) is 84.9 Å². The van der Waals surface area contributed by atoms with Gasteiger partial charge in [0.1, 0.15) is 0 Å². The van der Waals surface area contributed by atoms with Crippen molar-refractivity contribution in [2.75, 3.05) is 18.5 Å². The molecule has 0 aliphatic carbocycles. The number of halogens is 1. The lowest BCUT2D eigenvalue weighted by Gasteiger charge is -2.54. The number of likely N-dealkylation sites (tertiary alicyclic amines) is 1. The summed E-state index contributed by atoms with van der Waals surface area (Å²) in [4.78, 5) is 47.1. The number of piperazine rings is 1. The Morgan fingerprint density at radius 1 is 0.872 bits per heavy atom. The van der Waals surface area contributed by atoms with Crippen LogP contribution in [0.1, 0.15) is 24.8 Å². The zero-order valence-corrected chi connectivity index (χ0v) is 23.3. The summed E-state index contributed by atoms with van der Waals surface area (Å²) in [5.74, 6) is -1.11. The van der Waals surface area contributed by atoms with E-state index < -0.39 is 24.1 Å². The number of hydrogen-bond donors (Lipinski definition) is 1. The Kier molecular flexibility index (Phi) is 7.88. The highest BCUT2D eigenvalue weighted by atomic mass is 79.9. The molecule has 0 spiro atoms. The minimum atomic E-state index is -1.16. The zero-order chi connectivity index (χ0) is 27.5. The SMILES string of the molecule is CN(Cc1ccc(Br)cc1)C(=O)N1[C@H]2CCC[C@@H]1[C@@H](C(=O)O)N(C(=O)N(c1ccccc1)c1ccccc1)C2. The normalized spacial score (nSPS) is 20.3. The Bertz CT molecular complexity index is 1280. The molecule has 0 saturated carbocycles. The second kappa shape index (κ2) is 11.5. The lowest BCUT2D eigenvalue weighted by molar-refractivity contribution is -0.148. The fourth-order valence-corrected chi connectivity index (χ4v) is 5.99. The van der Waals surface area contributed by atoms with Crippen LogP contribution in [0, 0.1) is 0 Å². The van der Waals surface area contributed by atoms with Crippen molar-refractivity contribution in [3.8, 4) is 0 Å². The van der Waals surface area contributed by atoms with Crippen LogP contribution in [0.5, 0.6) is 0 Å². The topological polar surface area (TPSA) is 84.4 Å². The maximum atomic E-state index is 14.2. The molecule has 0 aromatic heterocycles. The van der Waals surface area contributed by atoms with Crippen LogP contribution in [0.2, 0.25) is 0 Å². The summed E-state index contributed by atoms with van der Waals surface area (Å²) in [5.41, 5.74) is 2.27. The van der Waals surface area contributed by atoms with Gasteiger partial charge in [-0.1, -0.05) is 64.5 Å². The summed E-state index contributed by atoms with van der Waals surface area (Å²) in [5, 5.41) is 10.4. The van der Waals surface area contributed by atoms with E-state index >= 15 is 0 Å². The highest BCUT2D eigenvalue weighted by molar-refractivity contribution is 9.10. The molecule has 0 radical (unpaired) electrons. The van der Waals surface area contributed by atoms with E-state index in [0.29, 0.717) is 30.8 Å². The van der Waals surface area contributed by atoms with Crippen molar-refractivity contribution in [2.24, 2.45) is 0 Å². The van der Waals surface area contributed by atoms with Crippen molar-refractivity contribution >= 4 is 45.3 Å². The quantitative estimate of drug-likeness (QED) is 0.398. The third-order valence-electron chi connectivity index (χ3n) is 7.49. The number of carboxylic acids is 1. The van der Waals surface area contributed by atoms with Gasteiger partial charge >= 0.3 is 18.0 Å². The summed E-state index contributed by atoms with van der Waals surface area (Å²) in [6, 6.07) is 23.6. The largest absolute Gasteiger partial charge is 0.480 e. The van der Waals surface area contributed by atoms with Crippen LogP contribution < -0.4 is 4.90 Å². The van der Waals surface area contributed by atoms with Crippen LogP contribution in [0.15, 0.2) is 89.4 Å². The molecule has 39 heavy (non-hydrogen) atoms. The van der Waals surface area contributed by atoms with Gasteiger partial charge in [-0.25, -0.2) is 14.4 Å². The standard InChI is InChI=1S/C30H31BrN4O4/c1-32(19-21-15-17-22(31)18-16-21)29(38)35-25-13-8-14-26(35)27(28(36)37)33(20-25)30(39)34(23-9-4-2-5-10-23)24-11-6-3-7-12-24/h2-7,9-12,15-18,25-27H,8,13-14,19-20H2,1H3,(H,36,37)/t25-,26+,27-/m0/s1. The van der Waals surface area contributed by atoms with Crippen LogP contribution in [0.4, 0.5) is 21.0 Å². The first-order valence-electron chi connectivity index (χ1n) is 13.1. The van der Waals surface area contributed by atoms with E-state index in [2.05, 4.69) is 15.9 Å². The number of rotatable bonds is 5. The Balaban J connectivity index is 1.44. The average Bonchev–Trinajstić information content (AvgIpc) is 2.94. The number of carbonyl (C=O) groups excluding carboxylic acids is 2. The first-order valence-corrected chi connectivity index (χ1v) is 13.9. The van der Waals surface area contributed by atoms with Crippen LogP contribution in [-0.4, -0.2) is 69.6 Å². The van der Waals surface area contributed by atoms with Gasteiger partial charge in [0.05, 0.1) is 23.5 Å². The van der Waals surface area contributed by atoms with Gasteiger partial charge in [-0.15, -0.1) is 0 Å². The first-order chi connectivity index (χ1) is 18.8. The van der Waals surface area contributed by atoms with Crippen LogP contribution in [0.25, 0.3) is 0 Å². The third kappa shape index (κ3) is 5.49. The molecular formula is C30H31BrN4O4. The smallest absolute Gasteiger partial charge is 0.329 e. The molecule has 8 nitrogen and oxygen atoms in total. The first kappa shape index (κ1) is 26.7. The Labute approximate surface area is 236 Å². The minimum absolute atomic E-state index is 0.153. The molecule has 2 saturated heterocycles. The maximum Gasteiger partial charge on any atom is 0.329 e. The Morgan fingerprint density at radius 3 is 2.03 bits per heavy atom. The van der Waals surface area contributed by atoms with E-state index in [1.165, 1.54) is 4.90 Å². The van der Waals surface area contributed by atoms with Crippen molar-refractivity contribution in [3.63, 3.8) is 0 Å². The number of para-hydroxylation sites is 2. The lowest BCUT2D eigenvalue weighted by Crippen LogP contribution is -2.72. The molecule has 2 bridgehead atoms. The highest BCUT2D eigenvalue weighted by Crippen LogP contribution is 2.36. The number of urea groups is 2. The summed E-state index contributed by atoms with van der Waals surface area (Å²) in [6.07, 6.45) is 2.04. The van der Waals surface area contributed by atoms with E-state index in [-0.39, 0.29) is 18.6 Å². The van der Waals surface area contributed by atoms with E-state index in [9.17, 15) is 19.5 Å². The van der Waals surface area contributed by atoms with Crippen LogP contribution >= 0.6 is 15.9 Å². The number of carbonyl (C=O) groups is 3. The number of amides is 4. The number of anilines is 2. The molecule has 2 aliphatic heterocycles. The molecule has 0 unspecified atom stereocenters. The number of nitrogens with zero attached hydrogens (tertiary/aromatic N) is 4. The molecule has 5 rings (SSSR count). The van der Waals surface area contributed by atoms with Gasteiger partial charge in [0.25, 0.3) is 0 Å². The van der Waals surface area contributed by atoms with Gasteiger partial charge in [0.15, 0.2) is 6.04 Å². The van der Waals surface area contributed by atoms with Crippen LogP contribution in [0.3, 0.4) is 0 Å². The lowest BCUT2D eigenvalue weighted by atomic mass is 9.86. The van der Waals surface area contributed by atoms with Gasteiger partial charge in [-0.05, 0) is 61.2 Å². The molecule has 1 N–H and O–H groups in total. The molecule has 202 valence electrons. The molecule has 2 heterocycles. The van der Waals surface area contributed by atoms with Gasteiger partial charge < -0.3 is 19.8 Å². The van der Waals surface area contributed by atoms with Crippen LogP contribution in [-0.2, 0) is 11.3 Å². The van der Waals surface area contributed by atoms with Crippen molar-refractivity contribution in [3.05, 3.63) is 95.0 Å². The van der Waals surface area contributed by atoms with E-state index in [4.69, 9.17) is 0 Å². The molecular weight excluding hydrogens is 560 g/mol. The summed E-state index contributed by atoms with van der Waals surface area (Å²) >= 11 is 3.43. The molecule has 2 fully saturated rings. The minimum Gasteiger partial charge on any atom is -0.480 e. The van der Waals surface area contributed by atoms with Gasteiger partial charge in [0.2, 0.25) is 0 Å².